The molecule has 1 aliphatic heterocycles. The Morgan fingerprint density at radius 2 is 1.91 bits per heavy atom. The van der Waals surface area contributed by atoms with E-state index in [-0.39, 0.29) is 11.8 Å². The van der Waals surface area contributed by atoms with Gasteiger partial charge in [-0.15, -0.1) is 0 Å². The van der Waals surface area contributed by atoms with Gasteiger partial charge in [0.25, 0.3) is 5.91 Å². The number of hydrogen-bond donors (Lipinski definition) is 1. The Labute approximate surface area is 144 Å². The third-order valence-electron chi connectivity index (χ3n) is 3.74. The minimum Gasteiger partial charge on any atom is -0.352 e. The smallest absolute Gasteiger partial charge is 0.254 e. The number of piperazine rings is 1. The van der Waals surface area contributed by atoms with Crippen molar-refractivity contribution >= 4 is 35.0 Å². The van der Waals surface area contributed by atoms with Crippen LogP contribution in [-0.2, 0) is 4.79 Å². The summed E-state index contributed by atoms with van der Waals surface area (Å²) in [5.74, 6) is -0.480. The van der Waals surface area contributed by atoms with Gasteiger partial charge in [0.15, 0.2) is 0 Å². The van der Waals surface area contributed by atoms with E-state index in [2.05, 4.69) is 5.32 Å². The van der Waals surface area contributed by atoms with Crippen LogP contribution in [0.25, 0.3) is 0 Å². The molecule has 1 unspecified atom stereocenters. The lowest BCUT2D eigenvalue weighted by atomic mass is 10.0. The number of benzene rings is 2. The van der Waals surface area contributed by atoms with E-state index in [1.807, 2.05) is 0 Å². The standard InChI is InChI=1S/C17H14Cl2N2O2/c18-12-5-3-4-11(10-12)17(23)21-9-8-20-16(22)15(21)13-6-1-2-7-14(13)19/h1-7,10,15H,8-9H2,(H,20,22). The van der Waals surface area contributed by atoms with E-state index >= 15 is 0 Å². The van der Waals surface area contributed by atoms with Gasteiger partial charge in [0, 0.05) is 34.3 Å². The number of nitrogens with zero attached hydrogens (tertiary/aromatic N) is 1. The largest absolute Gasteiger partial charge is 0.352 e. The van der Waals surface area contributed by atoms with Crippen LogP contribution in [0.2, 0.25) is 10.0 Å². The highest BCUT2D eigenvalue weighted by Gasteiger charge is 2.35. The molecule has 1 N–H and O–H groups in total. The second-order valence-electron chi connectivity index (χ2n) is 5.22. The summed E-state index contributed by atoms with van der Waals surface area (Å²) in [6, 6.07) is 13.0. The first-order valence-corrected chi connectivity index (χ1v) is 7.92. The van der Waals surface area contributed by atoms with Gasteiger partial charge in [-0.3, -0.25) is 9.59 Å². The van der Waals surface area contributed by atoms with Gasteiger partial charge in [-0.1, -0.05) is 47.5 Å². The van der Waals surface area contributed by atoms with Crippen molar-refractivity contribution < 1.29 is 9.59 Å². The normalized spacial score (nSPS) is 17.7. The second kappa shape index (κ2) is 6.60. The number of nitrogens with one attached hydrogen (secondary N) is 1. The Balaban J connectivity index is 2.00. The second-order valence-corrected chi connectivity index (χ2v) is 6.07. The molecule has 1 heterocycles. The Hall–Kier alpha value is -2.04. The van der Waals surface area contributed by atoms with Gasteiger partial charge in [-0.25, -0.2) is 0 Å². The van der Waals surface area contributed by atoms with Crippen molar-refractivity contribution in [1.82, 2.24) is 10.2 Å². The molecule has 1 saturated heterocycles. The molecule has 1 aliphatic rings. The van der Waals surface area contributed by atoms with Gasteiger partial charge in [0.2, 0.25) is 5.91 Å². The first-order valence-electron chi connectivity index (χ1n) is 7.16. The summed E-state index contributed by atoms with van der Waals surface area (Å²) in [6.45, 7) is 0.819. The maximum absolute atomic E-state index is 12.8. The average Bonchev–Trinajstić information content (AvgIpc) is 2.55. The van der Waals surface area contributed by atoms with Crippen LogP contribution < -0.4 is 5.32 Å². The number of halogens is 2. The van der Waals surface area contributed by atoms with Crippen LogP contribution in [0.15, 0.2) is 48.5 Å². The van der Waals surface area contributed by atoms with Crippen molar-refractivity contribution in [2.45, 2.75) is 6.04 Å². The maximum atomic E-state index is 12.8. The Bertz CT molecular complexity index is 764. The van der Waals surface area contributed by atoms with E-state index in [1.165, 1.54) is 4.90 Å². The van der Waals surface area contributed by atoms with Crippen LogP contribution in [0.1, 0.15) is 22.0 Å². The molecular weight excluding hydrogens is 335 g/mol. The summed E-state index contributed by atoms with van der Waals surface area (Å²) in [7, 11) is 0. The average molecular weight is 349 g/mol. The number of hydrogen-bond acceptors (Lipinski definition) is 2. The SMILES string of the molecule is O=C1NCCN(C(=O)c2cccc(Cl)c2)C1c1ccccc1Cl. The number of carbonyl (C=O) groups is 2. The van der Waals surface area contributed by atoms with Gasteiger partial charge in [0.05, 0.1) is 0 Å². The molecule has 23 heavy (non-hydrogen) atoms. The fraction of sp³-hybridized carbons (Fsp3) is 0.176. The van der Waals surface area contributed by atoms with E-state index < -0.39 is 6.04 Å². The predicted molar refractivity (Wildman–Crippen MR) is 89.7 cm³/mol. The third kappa shape index (κ3) is 3.19. The summed E-state index contributed by atoms with van der Waals surface area (Å²) in [5.41, 5.74) is 1.06. The molecule has 2 aromatic rings. The molecule has 1 atom stereocenters. The molecule has 0 radical (unpaired) electrons. The quantitative estimate of drug-likeness (QED) is 0.904. The van der Waals surface area contributed by atoms with Crippen LogP contribution in [-0.4, -0.2) is 29.8 Å². The van der Waals surface area contributed by atoms with E-state index in [4.69, 9.17) is 23.2 Å². The van der Waals surface area contributed by atoms with E-state index in [1.54, 1.807) is 48.5 Å². The summed E-state index contributed by atoms with van der Waals surface area (Å²) in [6.07, 6.45) is 0. The van der Waals surface area contributed by atoms with Crippen molar-refractivity contribution in [3.63, 3.8) is 0 Å². The minimum atomic E-state index is -0.746. The summed E-state index contributed by atoms with van der Waals surface area (Å²) in [5, 5.41) is 3.72. The predicted octanol–water partition coefficient (Wildman–Crippen LogP) is 3.31. The zero-order valence-electron chi connectivity index (χ0n) is 12.1. The number of carbonyl (C=O) groups excluding carboxylic acids is 2. The molecule has 0 aromatic heterocycles. The molecule has 1 fully saturated rings. The zero-order chi connectivity index (χ0) is 16.4. The van der Waals surface area contributed by atoms with Crippen molar-refractivity contribution in [3.8, 4) is 0 Å². The lowest BCUT2D eigenvalue weighted by Crippen LogP contribution is -2.52. The van der Waals surface area contributed by atoms with Crippen molar-refractivity contribution in [2.24, 2.45) is 0 Å². The summed E-state index contributed by atoms with van der Waals surface area (Å²) in [4.78, 5) is 26.7. The number of amides is 2. The molecule has 3 rings (SSSR count). The fourth-order valence-electron chi connectivity index (χ4n) is 2.68. The summed E-state index contributed by atoms with van der Waals surface area (Å²) >= 11 is 12.2. The van der Waals surface area contributed by atoms with Crippen LogP contribution in [0.4, 0.5) is 0 Å². The van der Waals surface area contributed by atoms with Gasteiger partial charge < -0.3 is 10.2 Å². The van der Waals surface area contributed by atoms with E-state index in [0.717, 1.165) is 0 Å². The monoisotopic (exact) mass is 348 g/mol. The fourth-order valence-corrected chi connectivity index (χ4v) is 3.11. The van der Waals surface area contributed by atoms with Crippen LogP contribution in [0.3, 0.4) is 0 Å². The molecule has 2 amide bonds. The Kier molecular flexibility index (Phi) is 4.55. The molecule has 0 aliphatic carbocycles. The van der Waals surface area contributed by atoms with Crippen molar-refractivity contribution in [1.29, 1.82) is 0 Å². The maximum Gasteiger partial charge on any atom is 0.254 e. The van der Waals surface area contributed by atoms with Gasteiger partial charge in [-0.05, 0) is 24.3 Å². The zero-order valence-corrected chi connectivity index (χ0v) is 13.6. The highest BCUT2D eigenvalue weighted by molar-refractivity contribution is 6.32. The lowest BCUT2D eigenvalue weighted by molar-refractivity contribution is -0.128. The Morgan fingerprint density at radius 1 is 1.13 bits per heavy atom. The highest BCUT2D eigenvalue weighted by atomic mass is 35.5. The third-order valence-corrected chi connectivity index (χ3v) is 4.32. The van der Waals surface area contributed by atoms with Gasteiger partial charge in [-0.2, -0.15) is 0 Å². The van der Waals surface area contributed by atoms with Crippen LogP contribution in [0, 0.1) is 0 Å². The van der Waals surface area contributed by atoms with Crippen molar-refractivity contribution in [2.75, 3.05) is 13.1 Å². The molecule has 2 aromatic carbocycles. The van der Waals surface area contributed by atoms with Crippen LogP contribution in [0.5, 0.6) is 0 Å². The first-order chi connectivity index (χ1) is 11.1. The molecular formula is C17H14Cl2N2O2. The Morgan fingerprint density at radius 3 is 2.65 bits per heavy atom. The minimum absolute atomic E-state index is 0.236. The van der Waals surface area contributed by atoms with Gasteiger partial charge >= 0.3 is 0 Å². The molecule has 4 nitrogen and oxygen atoms in total. The van der Waals surface area contributed by atoms with Crippen molar-refractivity contribution in [3.05, 3.63) is 69.7 Å². The highest BCUT2D eigenvalue weighted by Crippen LogP contribution is 2.30. The first kappa shape index (κ1) is 15.8. The molecule has 0 bridgehead atoms. The van der Waals surface area contributed by atoms with Gasteiger partial charge in [0.1, 0.15) is 6.04 Å². The van der Waals surface area contributed by atoms with Crippen LogP contribution >= 0.6 is 23.2 Å². The van der Waals surface area contributed by atoms with E-state index in [0.29, 0.717) is 34.3 Å². The molecule has 6 heteroatoms. The topological polar surface area (TPSA) is 49.4 Å². The molecule has 0 saturated carbocycles. The lowest BCUT2D eigenvalue weighted by Gasteiger charge is -2.35. The molecule has 0 spiro atoms. The summed E-state index contributed by atoms with van der Waals surface area (Å²) < 4.78 is 0. The molecule has 118 valence electrons. The van der Waals surface area contributed by atoms with E-state index in [9.17, 15) is 9.59 Å². The number of rotatable bonds is 2.